The summed E-state index contributed by atoms with van der Waals surface area (Å²) in [6.07, 6.45) is 0.666. The lowest BCUT2D eigenvalue weighted by Crippen LogP contribution is -2.32. The third-order valence-electron chi connectivity index (χ3n) is 3.53. The maximum absolute atomic E-state index is 12.1. The van der Waals surface area contributed by atoms with Gasteiger partial charge in [0.05, 0.1) is 5.01 Å². The first-order chi connectivity index (χ1) is 10.4. The van der Waals surface area contributed by atoms with Crippen molar-refractivity contribution in [2.75, 3.05) is 0 Å². The van der Waals surface area contributed by atoms with Crippen molar-refractivity contribution < 1.29 is 13.2 Å². The zero-order valence-electron chi connectivity index (χ0n) is 11.6. The molecule has 1 heterocycles. The van der Waals surface area contributed by atoms with Crippen LogP contribution < -0.4 is 4.72 Å². The summed E-state index contributed by atoms with van der Waals surface area (Å²) in [6, 6.07) is 7.72. The van der Waals surface area contributed by atoms with Crippen LogP contribution in [-0.2, 0) is 14.8 Å². The van der Waals surface area contributed by atoms with Crippen molar-refractivity contribution in [3.05, 3.63) is 44.7 Å². The summed E-state index contributed by atoms with van der Waals surface area (Å²) in [6.45, 7) is 1.72. The molecule has 0 radical (unpaired) electrons. The number of aryl methyl sites for hydroxylation is 1. The van der Waals surface area contributed by atoms with E-state index < -0.39 is 15.9 Å². The number of halogens is 1. The molecule has 1 aliphatic carbocycles. The number of sulfonamides is 1. The second-order valence-corrected chi connectivity index (χ2v) is 8.78. The SMILES string of the molecule is Cc1nc(S(=O)(=O)NC(=O)[C@@H]2C[C@H]2c2ccc(Br)cc2)cs1. The van der Waals surface area contributed by atoms with Crippen LogP contribution in [0.2, 0.25) is 0 Å². The first kappa shape index (κ1) is 15.6. The molecule has 0 bridgehead atoms. The Bertz CT molecular complexity index is 815. The van der Waals surface area contributed by atoms with E-state index in [0.29, 0.717) is 11.4 Å². The summed E-state index contributed by atoms with van der Waals surface area (Å²) >= 11 is 4.60. The van der Waals surface area contributed by atoms with E-state index in [0.717, 1.165) is 10.0 Å². The highest BCUT2D eigenvalue weighted by Gasteiger charge is 2.45. The monoisotopic (exact) mass is 400 g/mol. The molecule has 1 aliphatic rings. The number of carbonyl (C=O) groups is 1. The van der Waals surface area contributed by atoms with Crippen LogP contribution in [0.25, 0.3) is 0 Å². The molecule has 5 nitrogen and oxygen atoms in total. The van der Waals surface area contributed by atoms with Crippen molar-refractivity contribution in [1.29, 1.82) is 0 Å². The van der Waals surface area contributed by atoms with E-state index in [4.69, 9.17) is 0 Å². The Morgan fingerprint density at radius 3 is 2.64 bits per heavy atom. The zero-order valence-corrected chi connectivity index (χ0v) is 14.8. The third-order valence-corrected chi connectivity index (χ3v) is 6.21. The highest BCUT2D eigenvalue weighted by molar-refractivity contribution is 9.10. The first-order valence-electron chi connectivity index (χ1n) is 6.61. The predicted octanol–water partition coefficient (Wildman–Crippen LogP) is 2.82. The van der Waals surface area contributed by atoms with Crippen LogP contribution >= 0.6 is 27.3 Å². The van der Waals surface area contributed by atoms with Gasteiger partial charge in [-0.25, -0.2) is 9.71 Å². The summed E-state index contributed by atoms with van der Waals surface area (Å²) < 4.78 is 27.3. The topological polar surface area (TPSA) is 76.1 Å². The molecule has 22 heavy (non-hydrogen) atoms. The van der Waals surface area contributed by atoms with Crippen LogP contribution in [-0.4, -0.2) is 19.3 Å². The summed E-state index contributed by atoms with van der Waals surface area (Å²) in [4.78, 5) is 16.0. The van der Waals surface area contributed by atoms with Gasteiger partial charge in [-0.1, -0.05) is 28.1 Å². The lowest BCUT2D eigenvalue weighted by molar-refractivity contribution is -0.120. The van der Waals surface area contributed by atoms with Gasteiger partial charge in [-0.15, -0.1) is 11.3 Å². The van der Waals surface area contributed by atoms with Gasteiger partial charge in [-0.2, -0.15) is 8.42 Å². The maximum Gasteiger partial charge on any atom is 0.282 e. The lowest BCUT2D eigenvalue weighted by atomic mass is 10.1. The molecule has 1 aromatic heterocycles. The zero-order chi connectivity index (χ0) is 15.9. The lowest BCUT2D eigenvalue weighted by Gasteiger charge is -2.04. The Labute approximate surface area is 141 Å². The average Bonchev–Trinajstić information content (AvgIpc) is 3.13. The van der Waals surface area contributed by atoms with Crippen molar-refractivity contribution >= 4 is 43.2 Å². The van der Waals surface area contributed by atoms with E-state index in [9.17, 15) is 13.2 Å². The molecule has 0 unspecified atom stereocenters. The Kier molecular flexibility index (Phi) is 4.09. The molecule has 8 heteroatoms. The van der Waals surface area contributed by atoms with Crippen LogP contribution in [0.1, 0.15) is 22.9 Å². The van der Waals surface area contributed by atoms with Gasteiger partial charge in [-0.3, -0.25) is 4.79 Å². The largest absolute Gasteiger partial charge is 0.282 e. The van der Waals surface area contributed by atoms with E-state index in [1.807, 2.05) is 24.3 Å². The summed E-state index contributed by atoms with van der Waals surface area (Å²) in [5, 5.41) is 1.99. The summed E-state index contributed by atoms with van der Waals surface area (Å²) in [5.41, 5.74) is 1.05. The van der Waals surface area contributed by atoms with Crippen LogP contribution in [0.5, 0.6) is 0 Å². The summed E-state index contributed by atoms with van der Waals surface area (Å²) in [7, 11) is -3.86. The third kappa shape index (κ3) is 3.23. The molecule has 0 spiro atoms. The van der Waals surface area contributed by atoms with Gasteiger partial charge in [0.1, 0.15) is 0 Å². The highest BCUT2D eigenvalue weighted by Crippen LogP contribution is 2.47. The second kappa shape index (κ2) is 5.75. The molecule has 1 saturated carbocycles. The molecule has 1 aromatic carbocycles. The normalized spacial score (nSPS) is 20.6. The molecule has 3 rings (SSSR count). The number of carbonyl (C=O) groups excluding carboxylic acids is 1. The fraction of sp³-hybridized carbons (Fsp3) is 0.286. The number of aromatic nitrogens is 1. The van der Waals surface area contributed by atoms with Crippen molar-refractivity contribution in [3.8, 4) is 0 Å². The fourth-order valence-electron chi connectivity index (χ4n) is 2.29. The van der Waals surface area contributed by atoms with Crippen molar-refractivity contribution in [3.63, 3.8) is 0 Å². The van der Waals surface area contributed by atoms with E-state index in [1.165, 1.54) is 16.7 Å². The molecular formula is C14H13BrN2O3S2. The minimum atomic E-state index is -3.86. The highest BCUT2D eigenvalue weighted by atomic mass is 79.9. The first-order valence-corrected chi connectivity index (χ1v) is 9.76. The standard InChI is InChI=1S/C14H13BrN2O3S2/c1-8-16-13(7-21-8)22(19,20)17-14(18)12-6-11(12)9-2-4-10(15)5-3-9/h2-5,7,11-12H,6H2,1H3,(H,17,18)/t11-,12+/m0/s1. The Balaban J connectivity index is 1.68. The second-order valence-electron chi connectivity index (χ2n) is 5.17. The van der Waals surface area contributed by atoms with Gasteiger partial charge < -0.3 is 0 Å². The van der Waals surface area contributed by atoms with Gasteiger partial charge in [0.15, 0.2) is 5.03 Å². The molecule has 2 atom stereocenters. The predicted molar refractivity (Wildman–Crippen MR) is 87.2 cm³/mol. The number of rotatable bonds is 4. The molecular weight excluding hydrogens is 388 g/mol. The number of benzene rings is 1. The molecule has 2 aromatic rings. The number of nitrogens with one attached hydrogen (secondary N) is 1. The minimum absolute atomic E-state index is 0.0838. The Hall–Kier alpha value is -1.25. The number of hydrogen-bond acceptors (Lipinski definition) is 5. The quantitative estimate of drug-likeness (QED) is 0.855. The van der Waals surface area contributed by atoms with Crippen LogP contribution in [0.3, 0.4) is 0 Å². The minimum Gasteiger partial charge on any atom is -0.274 e. The summed E-state index contributed by atoms with van der Waals surface area (Å²) in [5.74, 6) is -0.672. The number of thiazole rings is 1. The molecule has 0 aliphatic heterocycles. The van der Waals surface area contributed by atoms with Gasteiger partial charge >= 0.3 is 0 Å². The molecule has 0 saturated heterocycles. The van der Waals surface area contributed by atoms with Gasteiger partial charge in [-0.05, 0) is 37.0 Å². The van der Waals surface area contributed by atoms with Gasteiger partial charge in [0, 0.05) is 15.8 Å². The molecule has 1 fully saturated rings. The average molecular weight is 401 g/mol. The number of nitrogens with zero attached hydrogens (tertiary/aromatic N) is 1. The van der Waals surface area contributed by atoms with E-state index in [2.05, 4.69) is 25.6 Å². The number of amides is 1. The van der Waals surface area contributed by atoms with E-state index in [-0.39, 0.29) is 16.9 Å². The van der Waals surface area contributed by atoms with Crippen molar-refractivity contribution in [1.82, 2.24) is 9.71 Å². The smallest absolute Gasteiger partial charge is 0.274 e. The van der Waals surface area contributed by atoms with E-state index in [1.54, 1.807) is 6.92 Å². The van der Waals surface area contributed by atoms with Crippen LogP contribution in [0, 0.1) is 12.8 Å². The van der Waals surface area contributed by atoms with Crippen molar-refractivity contribution in [2.24, 2.45) is 5.92 Å². The van der Waals surface area contributed by atoms with Gasteiger partial charge in [0.2, 0.25) is 5.91 Å². The molecule has 1 amide bonds. The molecule has 1 N–H and O–H groups in total. The van der Waals surface area contributed by atoms with Crippen molar-refractivity contribution in [2.45, 2.75) is 24.3 Å². The van der Waals surface area contributed by atoms with Crippen LogP contribution in [0.4, 0.5) is 0 Å². The number of hydrogen-bond donors (Lipinski definition) is 1. The van der Waals surface area contributed by atoms with E-state index >= 15 is 0 Å². The molecule has 116 valence electrons. The van der Waals surface area contributed by atoms with Gasteiger partial charge in [0.25, 0.3) is 10.0 Å². The Morgan fingerprint density at radius 1 is 1.36 bits per heavy atom. The van der Waals surface area contributed by atoms with Crippen LogP contribution in [0.15, 0.2) is 39.1 Å². The fourth-order valence-corrected chi connectivity index (χ4v) is 4.52. The maximum atomic E-state index is 12.1. The Morgan fingerprint density at radius 2 is 2.05 bits per heavy atom.